The molecule has 1 aromatic heterocycles. The van der Waals surface area contributed by atoms with E-state index in [-0.39, 0.29) is 18.5 Å². The molecule has 0 saturated carbocycles. The van der Waals surface area contributed by atoms with Gasteiger partial charge in [0.05, 0.1) is 6.42 Å². The predicted molar refractivity (Wildman–Crippen MR) is 57.6 cm³/mol. The van der Waals surface area contributed by atoms with E-state index < -0.39 is 5.97 Å². The van der Waals surface area contributed by atoms with Crippen molar-refractivity contribution in [1.29, 1.82) is 0 Å². The van der Waals surface area contributed by atoms with E-state index in [0.717, 1.165) is 0 Å². The monoisotopic (exact) mass is 213 g/mol. The Morgan fingerprint density at radius 2 is 2.36 bits per heavy atom. The van der Waals surface area contributed by atoms with Crippen LogP contribution in [0.4, 0.5) is 0 Å². The van der Waals surface area contributed by atoms with Crippen molar-refractivity contribution in [2.24, 2.45) is 0 Å². The van der Waals surface area contributed by atoms with E-state index in [1.807, 2.05) is 25.3 Å². The van der Waals surface area contributed by atoms with Crippen LogP contribution in [0.3, 0.4) is 0 Å². The lowest BCUT2D eigenvalue weighted by Gasteiger charge is -2.17. The van der Waals surface area contributed by atoms with E-state index in [4.69, 9.17) is 5.11 Å². The number of carboxylic acid groups (broad SMARTS) is 1. The summed E-state index contributed by atoms with van der Waals surface area (Å²) in [6.07, 6.45) is 0.162. The minimum Gasteiger partial charge on any atom is -0.481 e. The van der Waals surface area contributed by atoms with Crippen molar-refractivity contribution in [1.82, 2.24) is 5.32 Å². The highest BCUT2D eigenvalue weighted by Gasteiger charge is 2.12. The summed E-state index contributed by atoms with van der Waals surface area (Å²) in [6.45, 7) is 3.93. The van der Waals surface area contributed by atoms with Gasteiger partial charge >= 0.3 is 5.97 Å². The molecule has 0 saturated heterocycles. The zero-order valence-corrected chi connectivity index (χ0v) is 9.17. The molecule has 0 aliphatic rings. The van der Waals surface area contributed by atoms with E-state index >= 15 is 0 Å². The fraction of sp³-hybridized carbons (Fsp3) is 0.500. The summed E-state index contributed by atoms with van der Waals surface area (Å²) >= 11 is 1.68. The summed E-state index contributed by atoms with van der Waals surface area (Å²) in [5.41, 5.74) is 0. The molecule has 2 unspecified atom stereocenters. The van der Waals surface area contributed by atoms with Gasteiger partial charge in [-0.15, -0.1) is 11.3 Å². The normalized spacial score (nSPS) is 15.0. The molecule has 2 atom stereocenters. The Bertz CT molecular complexity index is 284. The predicted octanol–water partition coefficient (Wildman–Crippen LogP) is 2.26. The zero-order valence-electron chi connectivity index (χ0n) is 8.36. The molecule has 78 valence electrons. The maximum Gasteiger partial charge on any atom is 0.304 e. The van der Waals surface area contributed by atoms with Gasteiger partial charge in [0, 0.05) is 17.0 Å². The van der Waals surface area contributed by atoms with Gasteiger partial charge < -0.3 is 10.4 Å². The molecule has 0 aliphatic heterocycles. The maximum atomic E-state index is 10.4. The second-order valence-corrected chi connectivity index (χ2v) is 4.38. The SMILES string of the molecule is CC(CC(=O)O)NC(C)c1cccs1. The van der Waals surface area contributed by atoms with Gasteiger partial charge in [-0.2, -0.15) is 0 Å². The highest BCUT2D eigenvalue weighted by Crippen LogP contribution is 2.18. The van der Waals surface area contributed by atoms with Crippen LogP contribution in [-0.4, -0.2) is 17.1 Å². The first-order chi connectivity index (χ1) is 6.59. The summed E-state index contributed by atoms with van der Waals surface area (Å²) < 4.78 is 0. The third kappa shape index (κ3) is 3.47. The zero-order chi connectivity index (χ0) is 10.6. The molecule has 1 rings (SSSR count). The number of nitrogens with one attached hydrogen (secondary N) is 1. The topological polar surface area (TPSA) is 49.3 Å². The molecule has 3 nitrogen and oxygen atoms in total. The lowest BCUT2D eigenvalue weighted by molar-refractivity contribution is -0.137. The number of hydrogen-bond acceptors (Lipinski definition) is 3. The Morgan fingerprint density at radius 3 is 2.86 bits per heavy atom. The number of aliphatic carboxylic acids is 1. The minimum atomic E-state index is -0.761. The first-order valence-corrected chi connectivity index (χ1v) is 5.49. The van der Waals surface area contributed by atoms with Crippen molar-refractivity contribution in [3.05, 3.63) is 22.4 Å². The van der Waals surface area contributed by atoms with Crippen LogP contribution < -0.4 is 5.32 Å². The van der Waals surface area contributed by atoms with Crippen molar-refractivity contribution >= 4 is 17.3 Å². The molecule has 0 amide bonds. The van der Waals surface area contributed by atoms with Crippen LogP contribution in [0, 0.1) is 0 Å². The van der Waals surface area contributed by atoms with E-state index in [1.165, 1.54) is 4.88 Å². The number of carbonyl (C=O) groups is 1. The lowest BCUT2D eigenvalue weighted by Crippen LogP contribution is -2.30. The van der Waals surface area contributed by atoms with E-state index in [9.17, 15) is 4.79 Å². The Morgan fingerprint density at radius 1 is 1.64 bits per heavy atom. The Balaban J connectivity index is 2.41. The van der Waals surface area contributed by atoms with E-state index in [0.29, 0.717) is 0 Å². The summed E-state index contributed by atoms with van der Waals surface area (Å²) in [5, 5.41) is 13.9. The summed E-state index contributed by atoms with van der Waals surface area (Å²) in [6, 6.07) is 4.28. The van der Waals surface area contributed by atoms with Crippen LogP contribution >= 0.6 is 11.3 Å². The van der Waals surface area contributed by atoms with Gasteiger partial charge in [0.25, 0.3) is 0 Å². The Kier molecular flexibility index (Phi) is 4.10. The largest absolute Gasteiger partial charge is 0.481 e. The second kappa shape index (κ2) is 5.12. The molecule has 1 heterocycles. The molecule has 0 radical (unpaired) electrons. The van der Waals surface area contributed by atoms with Crippen LogP contribution in [0.15, 0.2) is 17.5 Å². The molecular weight excluding hydrogens is 198 g/mol. The third-order valence-electron chi connectivity index (χ3n) is 1.99. The fourth-order valence-corrected chi connectivity index (χ4v) is 2.11. The lowest BCUT2D eigenvalue weighted by atomic mass is 10.2. The average Bonchev–Trinajstić information content (AvgIpc) is 2.53. The van der Waals surface area contributed by atoms with Gasteiger partial charge in [-0.05, 0) is 25.3 Å². The van der Waals surface area contributed by atoms with Gasteiger partial charge in [-0.1, -0.05) is 6.07 Å². The summed E-state index contributed by atoms with van der Waals surface area (Å²) in [4.78, 5) is 11.7. The molecule has 1 aromatic rings. The van der Waals surface area contributed by atoms with E-state index in [2.05, 4.69) is 11.4 Å². The van der Waals surface area contributed by atoms with Crippen LogP contribution in [-0.2, 0) is 4.79 Å². The highest BCUT2D eigenvalue weighted by atomic mass is 32.1. The molecule has 4 heteroatoms. The molecule has 2 N–H and O–H groups in total. The summed E-state index contributed by atoms with van der Waals surface area (Å²) in [5.74, 6) is -0.761. The third-order valence-corrected chi connectivity index (χ3v) is 3.04. The molecule has 0 aromatic carbocycles. The van der Waals surface area contributed by atoms with Gasteiger partial charge in [-0.25, -0.2) is 0 Å². The van der Waals surface area contributed by atoms with Crippen molar-refractivity contribution in [3.8, 4) is 0 Å². The van der Waals surface area contributed by atoms with Crippen LogP contribution in [0.5, 0.6) is 0 Å². The van der Waals surface area contributed by atoms with Gasteiger partial charge in [-0.3, -0.25) is 4.79 Å². The van der Waals surface area contributed by atoms with Gasteiger partial charge in [0.15, 0.2) is 0 Å². The minimum absolute atomic E-state index is 0.00426. The number of carboxylic acids is 1. The van der Waals surface area contributed by atoms with Crippen LogP contribution in [0.2, 0.25) is 0 Å². The summed E-state index contributed by atoms with van der Waals surface area (Å²) in [7, 11) is 0. The molecule has 0 aliphatic carbocycles. The van der Waals surface area contributed by atoms with Crippen molar-refractivity contribution in [3.63, 3.8) is 0 Å². The van der Waals surface area contributed by atoms with Crippen LogP contribution in [0.25, 0.3) is 0 Å². The Hall–Kier alpha value is -0.870. The molecule has 0 spiro atoms. The highest BCUT2D eigenvalue weighted by molar-refractivity contribution is 7.10. The van der Waals surface area contributed by atoms with Crippen molar-refractivity contribution in [2.75, 3.05) is 0 Å². The first kappa shape index (κ1) is 11.2. The first-order valence-electron chi connectivity index (χ1n) is 4.61. The van der Waals surface area contributed by atoms with Crippen molar-refractivity contribution in [2.45, 2.75) is 32.4 Å². The number of rotatable bonds is 5. The van der Waals surface area contributed by atoms with Crippen molar-refractivity contribution < 1.29 is 9.90 Å². The van der Waals surface area contributed by atoms with Gasteiger partial charge in [0.2, 0.25) is 0 Å². The number of hydrogen-bond donors (Lipinski definition) is 2. The quantitative estimate of drug-likeness (QED) is 0.788. The van der Waals surface area contributed by atoms with Crippen LogP contribution in [0.1, 0.15) is 31.2 Å². The molecule has 14 heavy (non-hydrogen) atoms. The molecular formula is C10H15NO2S. The molecule has 0 fully saturated rings. The number of thiophene rings is 1. The van der Waals surface area contributed by atoms with Gasteiger partial charge in [0.1, 0.15) is 0 Å². The fourth-order valence-electron chi connectivity index (χ4n) is 1.37. The molecule has 0 bridgehead atoms. The second-order valence-electron chi connectivity index (χ2n) is 3.40. The maximum absolute atomic E-state index is 10.4. The smallest absolute Gasteiger partial charge is 0.304 e. The van der Waals surface area contributed by atoms with E-state index in [1.54, 1.807) is 11.3 Å². The average molecular weight is 213 g/mol. The standard InChI is InChI=1S/C10H15NO2S/c1-7(6-10(12)13)11-8(2)9-4-3-5-14-9/h3-5,7-8,11H,6H2,1-2H3,(H,12,13). The Labute approximate surface area is 87.8 Å².